The summed E-state index contributed by atoms with van der Waals surface area (Å²) in [6.45, 7) is 0. The van der Waals surface area contributed by atoms with E-state index in [1.807, 2.05) is 133 Å². The molecule has 5 heteroatoms. The van der Waals surface area contributed by atoms with Crippen molar-refractivity contribution in [3.8, 4) is 62.1 Å². The molecule has 0 bridgehead atoms. The lowest BCUT2D eigenvalue weighted by atomic mass is 9.94. The first-order valence-corrected chi connectivity index (χ1v) is 19.7. The summed E-state index contributed by atoms with van der Waals surface area (Å²) in [7, 11) is 0. The second kappa shape index (κ2) is 13.8. The third-order valence-corrected chi connectivity index (χ3v) is 11.1. The van der Waals surface area contributed by atoms with E-state index < -0.39 is 12.1 Å². The third-order valence-electron chi connectivity index (χ3n) is 11.1. The SMILES string of the molecule is [2H]c1c([2H])c([2H])c2c(oc3c([2H])c(-c4cccc(-n5c6ccccc6c6cc7ccccc7cc65)c4)c([2H])c(-c4ccc(-c5nc(-c6ccccc6)nc(-c6ccccc6)n5)cc4)c32)c1[2H]. The molecule has 0 N–H and O–H groups in total. The van der Waals surface area contributed by atoms with Crippen LogP contribution in [0.25, 0.3) is 117 Å². The molecule has 9 aromatic carbocycles. The van der Waals surface area contributed by atoms with Gasteiger partial charge < -0.3 is 8.98 Å². The van der Waals surface area contributed by atoms with E-state index in [1.165, 1.54) is 0 Å². The average Bonchev–Trinajstić information content (AvgIpc) is 3.92. The minimum absolute atomic E-state index is 0.0126. The quantitative estimate of drug-likeness (QED) is 0.169. The van der Waals surface area contributed by atoms with Crippen molar-refractivity contribution in [1.29, 1.82) is 0 Å². The Balaban J connectivity index is 1.07. The standard InChI is InChI=1S/C55H34N4O/c1-3-14-36(15-4-1)53-56-54(37-16-5-2-6-17-37)58-55(57-53)38-28-26-35(27-29-38)46-32-42(34-51-52(46)45-23-10-12-25-50(45)60-51)39-20-13-21-43(30-39)59-48-24-11-9-22-44(48)47-31-40-18-7-8-19-41(40)33-49(47)59/h1-34H/i10D,12D,23D,25D,32D,34D. The molecule has 5 nitrogen and oxygen atoms in total. The van der Waals surface area contributed by atoms with E-state index in [1.54, 1.807) is 0 Å². The van der Waals surface area contributed by atoms with Crippen molar-refractivity contribution in [1.82, 2.24) is 19.5 Å². The predicted molar refractivity (Wildman–Crippen MR) is 246 cm³/mol. The van der Waals surface area contributed by atoms with Crippen molar-refractivity contribution >= 4 is 54.5 Å². The molecule has 280 valence electrons. The van der Waals surface area contributed by atoms with Gasteiger partial charge >= 0.3 is 0 Å². The highest BCUT2D eigenvalue weighted by Gasteiger charge is 2.19. The smallest absolute Gasteiger partial charge is 0.164 e. The Bertz CT molecular complexity index is 3890. The van der Waals surface area contributed by atoms with Crippen molar-refractivity contribution in [2.45, 2.75) is 0 Å². The molecule has 0 saturated heterocycles. The first-order valence-electron chi connectivity index (χ1n) is 22.7. The van der Waals surface area contributed by atoms with E-state index in [9.17, 15) is 2.74 Å². The van der Waals surface area contributed by atoms with Crippen molar-refractivity contribution in [2.24, 2.45) is 0 Å². The van der Waals surface area contributed by atoms with Crippen LogP contribution in [-0.4, -0.2) is 19.5 Å². The Labute approximate surface area is 353 Å². The monoisotopic (exact) mass is 772 g/mol. The van der Waals surface area contributed by atoms with Gasteiger partial charge in [0.2, 0.25) is 0 Å². The van der Waals surface area contributed by atoms with Crippen LogP contribution in [0.4, 0.5) is 0 Å². The van der Waals surface area contributed by atoms with Crippen LogP contribution in [0, 0.1) is 0 Å². The number of fused-ring (bicyclic) bond motifs is 7. The Morgan fingerprint density at radius 3 is 1.75 bits per heavy atom. The number of furan rings is 1. The van der Waals surface area contributed by atoms with Crippen LogP contribution in [0.2, 0.25) is 0 Å². The predicted octanol–water partition coefficient (Wildman–Crippen LogP) is 14.4. The second-order valence-corrected chi connectivity index (χ2v) is 14.7. The van der Waals surface area contributed by atoms with Gasteiger partial charge in [-0.15, -0.1) is 0 Å². The fourth-order valence-corrected chi connectivity index (χ4v) is 8.30. The molecule has 3 heterocycles. The zero-order valence-corrected chi connectivity index (χ0v) is 31.9. The van der Waals surface area contributed by atoms with Crippen LogP contribution in [0.5, 0.6) is 0 Å². The molecule has 0 spiro atoms. The summed E-state index contributed by atoms with van der Waals surface area (Å²) < 4.78 is 63.3. The van der Waals surface area contributed by atoms with Crippen molar-refractivity contribution in [2.75, 3.05) is 0 Å². The van der Waals surface area contributed by atoms with Crippen molar-refractivity contribution in [3.05, 3.63) is 206 Å². The van der Waals surface area contributed by atoms with Gasteiger partial charge in [0.15, 0.2) is 17.5 Å². The Morgan fingerprint density at radius 1 is 0.417 bits per heavy atom. The van der Waals surface area contributed by atoms with Crippen LogP contribution in [-0.2, 0) is 0 Å². The number of para-hydroxylation sites is 2. The highest BCUT2D eigenvalue weighted by Crippen LogP contribution is 2.42. The molecule has 0 fully saturated rings. The lowest BCUT2D eigenvalue weighted by Gasteiger charge is -2.13. The first kappa shape index (κ1) is 28.3. The van der Waals surface area contributed by atoms with Crippen LogP contribution >= 0.6 is 0 Å². The van der Waals surface area contributed by atoms with Gasteiger partial charge in [-0.2, -0.15) is 0 Å². The molecule has 0 aliphatic carbocycles. The van der Waals surface area contributed by atoms with Gasteiger partial charge in [-0.1, -0.05) is 158 Å². The fraction of sp³-hybridized carbons (Fsp3) is 0. The van der Waals surface area contributed by atoms with Gasteiger partial charge in [-0.25, -0.2) is 15.0 Å². The largest absolute Gasteiger partial charge is 0.456 e. The second-order valence-electron chi connectivity index (χ2n) is 14.7. The maximum atomic E-state index is 10.0. The first-order chi connectivity index (χ1) is 32.2. The molecule has 0 aliphatic rings. The summed E-state index contributed by atoms with van der Waals surface area (Å²) in [5.41, 5.74) is 7.07. The molecular weight excluding hydrogens is 733 g/mol. The fourth-order valence-electron chi connectivity index (χ4n) is 8.30. The topological polar surface area (TPSA) is 56.7 Å². The molecule has 3 aromatic heterocycles. The molecule has 0 saturated carbocycles. The molecular formula is C55H34N4O. The van der Waals surface area contributed by atoms with Gasteiger partial charge in [-0.05, 0) is 81.5 Å². The molecule has 0 aliphatic heterocycles. The van der Waals surface area contributed by atoms with E-state index in [0.717, 1.165) is 49.4 Å². The molecule has 12 aromatic rings. The highest BCUT2D eigenvalue weighted by molar-refractivity contribution is 6.15. The van der Waals surface area contributed by atoms with Crippen LogP contribution in [0.3, 0.4) is 0 Å². The van der Waals surface area contributed by atoms with E-state index in [4.69, 9.17) is 24.9 Å². The number of benzene rings is 9. The van der Waals surface area contributed by atoms with Crippen LogP contribution in [0.1, 0.15) is 8.22 Å². The number of rotatable bonds is 6. The number of aromatic nitrogens is 4. The van der Waals surface area contributed by atoms with E-state index >= 15 is 0 Å². The zero-order chi connectivity index (χ0) is 44.8. The lowest BCUT2D eigenvalue weighted by molar-refractivity contribution is 0.669. The normalized spacial score (nSPS) is 13.1. The minimum Gasteiger partial charge on any atom is -0.456 e. The summed E-state index contributed by atoms with van der Waals surface area (Å²) in [6.07, 6.45) is 0. The lowest BCUT2D eigenvalue weighted by Crippen LogP contribution is -2.00. The van der Waals surface area contributed by atoms with Gasteiger partial charge in [0.25, 0.3) is 0 Å². The summed E-state index contributed by atoms with van der Waals surface area (Å²) in [5, 5.41) is 4.85. The Kier molecular flexibility index (Phi) is 6.48. The summed E-state index contributed by atoms with van der Waals surface area (Å²) in [4.78, 5) is 14.6. The van der Waals surface area contributed by atoms with Gasteiger partial charge in [0.1, 0.15) is 11.2 Å². The zero-order valence-electron chi connectivity index (χ0n) is 37.9. The maximum Gasteiger partial charge on any atom is 0.164 e. The third kappa shape index (κ3) is 5.67. The molecule has 12 rings (SSSR count). The number of hydrogen-bond donors (Lipinski definition) is 0. The van der Waals surface area contributed by atoms with Gasteiger partial charge in [0.05, 0.1) is 19.3 Å². The summed E-state index contributed by atoms with van der Waals surface area (Å²) in [6, 6.07) is 54.1. The Morgan fingerprint density at radius 2 is 1.02 bits per heavy atom. The van der Waals surface area contributed by atoms with Gasteiger partial charge in [-0.3, -0.25) is 0 Å². The summed E-state index contributed by atoms with van der Waals surface area (Å²) >= 11 is 0. The maximum absolute atomic E-state index is 10.0. The minimum atomic E-state index is -0.441. The molecule has 0 unspecified atom stereocenters. The number of nitrogens with zero attached hydrogens (tertiary/aromatic N) is 4. The molecule has 0 amide bonds. The van der Waals surface area contributed by atoms with E-state index in [-0.39, 0.29) is 46.1 Å². The van der Waals surface area contributed by atoms with Crippen LogP contribution < -0.4 is 0 Å². The van der Waals surface area contributed by atoms with Crippen molar-refractivity contribution in [3.63, 3.8) is 0 Å². The molecule has 0 radical (unpaired) electrons. The highest BCUT2D eigenvalue weighted by atomic mass is 16.3. The molecule has 0 atom stereocenters. The average molecular weight is 773 g/mol. The molecule has 60 heavy (non-hydrogen) atoms. The van der Waals surface area contributed by atoms with Crippen molar-refractivity contribution < 1.29 is 12.6 Å². The van der Waals surface area contributed by atoms with E-state index in [2.05, 4.69) is 41.0 Å². The Hall–Kier alpha value is -8.15. The van der Waals surface area contributed by atoms with E-state index in [0.29, 0.717) is 45.3 Å². The van der Waals surface area contributed by atoms with Gasteiger partial charge in [0, 0.05) is 43.9 Å². The number of hydrogen-bond acceptors (Lipinski definition) is 4. The summed E-state index contributed by atoms with van der Waals surface area (Å²) in [5.74, 6) is 1.49. The van der Waals surface area contributed by atoms with Crippen LogP contribution in [0.15, 0.2) is 211 Å².